The predicted molar refractivity (Wildman–Crippen MR) is 155 cm³/mol. The fourth-order valence-electron chi connectivity index (χ4n) is 10.6. The molecule has 7 heteroatoms. The summed E-state index contributed by atoms with van der Waals surface area (Å²) in [5, 5.41) is 1.14. The zero-order valence-corrected chi connectivity index (χ0v) is 25.3. The first-order chi connectivity index (χ1) is 19.3. The van der Waals surface area contributed by atoms with Crippen molar-refractivity contribution in [1.82, 2.24) is 0 Å². The number of piperidine rings is 1. The van der Waals surface area contributed by atoms with Gasteiger partial charge in [0.15, 0.2) is 11.5 Å². The van der Waals surface area contributed by atoms with Crippen LogP contribution in [-0.2, 0) is 27.9 Å². The lowest BCUT2D eigenvalue weighted by atomic mass is 9.34. The van der Waals surface area contributed by atoms with Crippen molar-refractivity contribution in [3.63, 3.8) is 0 Å². The fraction of sp³-hybridized carbons (Fsp3) is 0.636. The van der Waals surface area contributed by atoms with Crippen LogP contribution in [0.4, 0.5) is 0 Å². The molecule has 5 fully saturated rings. The van der Waals surface area contributed by atoms with Crippen molar-refractivity contribution in [2.45, 2.75) is 74.7 Å². The molecule has 1 saturated heterocycles. The predicted octanol–water partition coefficient (Wildman–Crippen LogP) is 6.59. The third-order valence-corrected chi connectivity index (χ3v) is 13.0. The molecule has 2 aliphatic heterocycles. The maximum atomic E-state index is 7.16. The molecule has 4 bridgehead atoms. The maximum Gasteiger partial charge on any atom is 0.165 e. The van der Waals surface area contributed by atoms with Crippen molar-refractivity contribution >= 4 is 23.2 Å². The molecule has 2 spiro atoms. The summed E-state index contributed by atoms with van der Waals surface area (Å²) in [6.07, 6.45) is 8.41. The van der Waals surface area contributed by atoms with E-state index in [-0.39, 0.29) is 28.5 Å². The molecule has 0 radical (unpaired) electrons. The van der Waals surface area contributed by atoms with Gasteiger partial charge in [-0.25, -0.2) is 0 Å². The Kier molecular flexibility index (Phi) is 5.73. The molecule has 2 aromatic carbocycles. The Labute approximate surface area is 247 Å². The van der Waals surface area contributed by atoms with Crippen LogP contribution in [0.25, 0.3) is 0 Å². The number of benzene rings is 2. The minimum Gasteiger partial charge on any atom is -0.493 e. The number of hydrogen-bond donors (Lipinski definition) is 0. The van der Waals surface area contributed by atoms with E-state index >= 15 is 0 Å². The van der Waals surface area contributed by atoms with E-state index in [9.17, 15) is 0 Å². The summed E-state index contributed by atoms with van der Waals surface area (Å²) in [5.41, 5.74) is 3.74. The first-order valence-corrected chi connectivity index (χ1v) is 15.8. The van der Waals surface area contributed by atoms with Crippen LogP contribution in [0.1, 0.15) is 55.2 Å². The Balaban J connectivity index is 1.21. The lowest BCUT2D eigenvalue weighted by Gasteiger charge is -2.74. The van der Waals surface area contributed by atoms with Crippen LogP contribution in [-0.4, -0.2) is 63.2 Å². The molecule has 214 valence electrons. The van der Waals surface area contributed by atoms with Crippen LogP contribution in [0.3, 0.4) is 0 Å². The summed E-state index contributed by atoms with van der Waals surface area (Å²) in [6.45, 7) is 3.69. The van der Waals surface area contributed by atoms with Gasteiger partial charge in [-0.2, -0.15) is 0 Å². The molecule has 5 aliphatic carbocycles. The Morgan fingerprint density at radius 2 is 1.90 bits per heavy atom. The Bertz CT molecular complexity index is 1380. The van der Waals surface area contributed by atoms with Gasteiger partial charge in [0.05, 0.1) is 62.0 Å². The number of fused-ring (bicyclic) bond motifs is 2. The second kappa shape index (κ2) is 8.76. The SMILES string of the molecule is COc1ccc2c3c1O[C@H]1[C@@]4(OC)CC[C@@]5(C[C@@H]4COCc4ccc(Cl)c(Cl)c4)[C@@H](C2)[N@@+](C)(CC2CC2)CC[C@]315. The number of likely N-dealkylation sites (N-methyl/N-ethyl adjacent to an activating group) is 1. The number of methoxy groups -OCH3 is 2. The Morgan fingerprint density at radius 1 is 1.05 bits per heavy atom. The molecule has 2 heterocycles. The van der Waals surface area contributed by atoms with E-state index in [1.807, 2.05) is 25.3 Å². The van der Waals surface area contributed by atoms with E-state index in [0.717, 1.165) is 48.7 Å². The summed E-state index contributed by atoms with van der Waals surface area (Å²) < 4.78 is 27.4. The second-order valence-corrected chi connectivity index (χ2v) is 14.7. The van der Waals surface area contributed by atoms with E-state index in [1.165, 1.54) is 48.0 Å². The van der Waals surface area contributed by atoms with Gasteiger partial charge in [-0.15, -0.1) is 0 Å². The maximum absolute atomic E-state index is 7.16. The Morgan fingerprint density at radius 3 is 2.65 bits per heavy atom. The van der Waals surface area contributed by atoms with Crippen LogP contribution in [0.5, 0.6) is 11.5 Å². The van der Waals surface area contributed by atoms with E-state index < -0.39 is 0 Å². The molecular weight excluding hydrogens is 545 g/mol. The van der Waals surface area contributed by atoms with Gasteiger partial charge in [0.25, 0.3) is 0 Å². The minimum absolute atomic E-state index is 0.0198. The highest BCUT2D eigenvalue weighted by atomic mass is 35.5. The molecule has 4 saturated carbocycles. The zero-order chi connectivity index (χ0) is 27.5. The quantitative estimate of drug-likeness (QED) is 0.328. The van der Waals surface area contributed by atoms with Crippen LogP contribution in [0, 0.1) is 17.3 Å². The largest absolute Gasteiger partial charge is 0.493 e. The Hall–Kier alpha value is -1.50. The third-order valence-electron chi connectivity index (χ3n) is 12.3. The molecule has 7 aliphatic rings. The van der Waals surface area contributed by atoms with E-state index in [4.69, 9.17) is 42.1 Å². The van der Waals surface area contributed by atoms with Gasteiger partial charge < -0.3 is 23.4 Å². The average molecular weight is 586 g/mol. The highest BCUT2D eigenvalue weighted by Gasteiger charge is 2.83. The van der Waals surface area contributed by atoms with Gasteiger partial charge in [0.2, 0.25) is 0 Å². The molecule has 5 nitrogen and oxygen atoms in total. The van der Waals surface area contributed by atoms with E-state index in [2.05, 4.69) is 19.2 Å². The van der Waals surface area contributed by atoms with Crippen LogP contribution in [0.2, 0.25) is 10.0 Å². The third kappa shape index (κ3) is 3.22. The van der Waals surface area contributed by atoms with Gasteiger partial charge in [0, 0.05) is 42.8 Å². The fourth-order valence-corrected chi connectivity index (χ4v) is 10.9. The highest BCUT2D eigenvalue weighted by Crippen LogP contribution is 2.77. The number of likely N-dealkylation sites (tertiary alicyclic amines) is 1. The van der Waals surface area contributed by atoms with Gasteiger partial charge in [-0.05, 0) is 61.4 Å². The first-order valence-electron chi connectivity index (χ1n) is 15.1. The van der Waals surface area contributed by atoms with Crippen molar-refractivity contribution in [3.05, 3.63) is 57.1 Å². The minimum atomic E-state index is -0.389. The molecule has 9 rings (SSSR count). The van der Waals surface area contributed by atoms with Crippen molar-refractivity contribution in [3.8, 4) is 11.5 Å². The second-order valence-electron chi connectivity index (χ2n) is 13.9. The normalized spacial score (nSPS) is 40.1. The topological polar surface area (TPSA) is 36.9 Å². The lowest BCUT2D eigenvalue weighted by Crippen LogP contribution is -2.83. The van der Waals surface area contributed by atoms with Crippen LogP contribution >= 0.6 is 23.2 Å². The summed E-state index contributed by atoms with van der Waals surface area (Å²) in [4.78, 5) is 0. The first kappa shape index (κ1) is 26.2. The zero-order valence-electron chi connectivity index (χ0n) is 23.8. The molecule has 7 atom stereocenters. The molecule has 2 aromatic rings. The average Bonchev–Trinajstić information content (AvgIpc) is 3.68. The number of rotatable bonds is 8. The molecule has 0 amide bonds. The van der Waals surface area contributed by atoms with Crippen molar-refractivity contribution < 1.29 is 23.4 Å². The number of quaternary nitrogens is 1. The summed E-state index contributed by atoms with van der Waals surface area (Å²) >= 11 is 12.4. The lowest BCUT2D eigenvalue weighted by molar-refractivity contribution is -0.952. The molecule has 40 heavy (non-hydrogen) atoms. The molecule has 0 N–H and O–H groups in total. The smallest absolute Gasteiger partial charge is 0.165 e. The van der Waals surface area contributed by atoms with Crippen LogP contribution in [0.15, 0.2) is 30.3 Å². The molecule has 0 aromatic heterocycles. The number of halogens is 2. The van der Waals surface area contributed by atoms with Gasteiger partial charge >= 0.3 is 0 Å². The van der Waals surface area contributed by atoms with E-state index in [1.54, 1.807) is 7.11 Å². The summed E-state index contributed by atoms with van der Waals surface area (Å²) in [5.74, 6) is 3.01. The highest BCUT2D eigenvalue weighted by molar-refractivity contribution is 6.42. The number of ether oxygens (including phenoxy) is 4. The molecular formula is C33H40Cl2NO4+. The monoisotopic (exact) mass is 584 g/mol. The number of hydrogen-bond acceptors (Lipinski definition) is 4. The summed E-state index contributed by atoms with van der Waals surface area (Å²) in [7, 11) is 6.25. The molecule has 0 unspecified atom stereocenters. The van der Waals surface area contributed by atoms with Crippen molar-refractivity contribution in [1.29, 1.82) is 0 Å². The van der Waals surface area contributed by atoms with Crippen molar-refractivity contribution in [2.75, 3.05) is 41.0 Å². The van der Waals surface area contributed by atoms with Gasteiger partial charge in [-0.1, -0.05) is 35.3 Å². The summed E-state index contributed by atoms with van der Waals surface area (Å²) in [6, 6.07) is 10.8. The standard InChI is InChI=1S/C33H40Cl2NO4/c1-36(17-20-4-5-20)13-12-32-28-22-7-9-26(37-2)29(28)40-30(32)33(38-3)11-10-31(32,27(36)15-22)16-23(33)19-39-18-21-6-8-24(34)25(35)14-21/h6-9,14,20,23,27,30H,4-5,10-13,15-19H2,1-3H3/q+1/t23-,27-,30-,31-,32+,33-,36-/m1/s1. The van der Waals surface area contributed by atoms with E-state index in [0.29, 0.717) is 29.3 Å². The van der Waals surface area contributed by atoms with Gasteiger partial charge in [0.1, 0.15) is 11.7 Å². The van der Waals surface area contributed by atoms with Crippen LogP contribution < -0.4 is 9.47 Å². The van der Waals surface area contributed by atoms with Crippen molar-refractivity contribution in [2.24, 2.45) is 17.3 Å². The number of nitrogens with zero attached hydrogens (tertiary/aromatic N) is 1. The van der Waals surface area contributed by atoms with Gasteiger partial charge in [-0.3, -0.25) is 0 Å².